The second kappa shape index (κ2) is 3.44. The zero-order valence-corrected chi connectivity index (χ0v) is 7.55. The maximum atomic E-state index is 7.73. The zero-order valence-electron chi connectivity index (χ0n) is 7.55. The normalized spacial score (nSPS) is 26.7. The summed E-state index contributed by atoms with van der Waals surface area (Å²) in [5.41, 5.74) is 0. The Hall–Kier alpha value is -0.570. The molecule has 12 heavy (non-hydrogen) atoms. The lowest BCUT2D eigenvalue weighted by molar-refractivity contribution is 0.0339. The van der Waals surface area contributed by atoms with Gasteiger partial charge in [0.2, 0.25) is 0 Å². The van der Waals surface area contributed by atoms with Crippen LogP contribution in [0.25, 0.3) is 0 Å². The zero-order chi connectivity index (χ0) is 8.39. The van der Waals surface area contributed by atoms with Gasteiger partial charge in [0.05, 0.1) is 0 Å². The van der Waals surface area contributed by atoms with Gasteiger partial charge in [-0.05, 0) is 19.3 Å². The maximum Gasteiger partial charge on any atom is 0.110 e. The molecular weight excluding hydrogens is 150 g/mol. The van der Waals surface area contributed by atoms with Crippen molar-refractivity contribution in [3.63, 3.8) is 0 Å². The van der Waals surface area contributed by atoms with Gasteiger partial charge in [-0.15, -0.1) is 0 Å². The van der Waals surface area contributed by atoms with E-state index in [1.807, 2.05) is 0 Å². The summed E-state index contributed by atoms with van der Waals surface area (Å²) in [5.74, 6) is 0.830. The first-order chi connectivity index (χ1) is 5.88. The third-order valence-corrected chi connectivity index (χ3v) is 2.77. The molecule has 2 fully saturated rings. The van der Waals surface area contributed by atoms with E-state index in [1.165, 1.54) is 38.8 Å². The van der Waals surface area contributed by atoms with Gasteiger partial charge in [0, 0.05) is 26.1 Å². The van der Waals surface area contributed by atoms with Gasteiger partial charge in [-0.3, -0.25) is 10.4 Å². The van der Waals surface area contributed by atoms with Crippen molar-refractivity contribution < 1.29 is 0 Å². The quantitative estimate of drug-likeness (QED) is 0.641. The largest absolute Gasteiger partial charge is 0.294 e. The number of amidine groups is 1. The van der Waals surface area contributed by atoms with Crippen molar-refractivity contribution in [1.29, 1.82) is 5.41 Å². The Labute approximate surface area is 73.8 Å². The molecule has 0 aromatic heterocycles. The van der Waals surface area contributed by atoms with E-state index in [4.69, 9.17) is 5.41 Å². The molecule has 0 aliphatic carbocycles. The standard InChI is InChI=1S/C9H17N3/c10-9-5-4-8-12(9)11-6-2-1-3-7-11/h10H,1-8H2. The van der Waals surface area contributed by atoms with Gasteiger partial charge in [-0.1, -0.05) is 6.42 Å². The summed E-state index contributed by atoms with van der Waals surface area (Å²) in [7, 11) is 0. The number of hydrogen-bond acceptors (Lipinski definition) is 2. The van der Waals surface area contributed by atoms with Crippen molar-refractivity contribution >= 4 is 5.84 Å². The van der Waals surface area contributed by atoms with Crippen molar-refractivity contribution in [3.8, 4) is 0 Å². The molecule has 2 heterocycles. The molecule has 2 aliphatic rings. The molecular formula is C9H17N3. The highest BCUT2D eigenvalue weighted by molar-refractivity contribution is 5.80. The minimum absolute atomic E-state index is 0.830. The van der Waals surface area contributed by atoms with Crippen molar-refractivity contribution in [2.24, 2.45) is 0 Å². The van der Waals surface area contributed by atoms with Gasteiger partial charge in [0.1, 0.15) is 5.84 Å². The number of nitrogens with zero attached hydrogens (tertiary/aromatic N) is 2. The van der Waals surface area contributed by atoms with Crippen LogP contribution in [0.5, 0.6) is 0 Å². The number of hydrazine groups is 1. The average molecular weight is 167 g/mol. The first kappa shape index (κ1) is 8.05. The topological polar surface area (TPSA) is 30.3 Å². The molecule has 68 valence electrons. The number of piperidine rings is 1. The highest BCUT2D eigenvalue weighted by Gasteiger charge is 2.24. The second-order valence-electron chi connectivity index (χ2n) is 3.69. The van der Waals surface area contributed by atoms with E-state index >= 15 is 0 Å². The van der Waals surface area contributed by atoms with Crippen LogP contribution < -0.4 is 0 Å². The first-order valence-electron chi connectivity index (χ1n) is 4.98. The molecule has 0 atom stereocenters. The SMILES string of the molecule is N=C1CCCN1N1CCCCC1. The van der Waals surface area contributed by atoms with Crippen LogP contribution in [0.15, 0.2) is 0 Å². The van der Waals surface area contributed by atoms with E-state index in [-0.39, 0.29) is 0 Å². The maximum absolute atomic E-state index is 7.73. The molecule has 1 N–H and O–H groups in total. The fraction of sp³-hybridized carbons (Fsp3) is 0.889. The summed E-state index contributed by atoms with van der Waals surface area (Å²) >= 11 is 0. The van der Waals surface area contributed by atoms with Crippen LogP contribution in [0.1, 0.15) is 32.1 Å². The Bertz CT molecular complexity index is 173. The molecule has 0 saturated carbocycles. The lowest BCUT2D eigenvalue weighted by Crippen LogP contribution is -2.45. The van der Waals surface area contributed by atoms with E-state index in [1.54, 1.807) is 0 Å². The molecule has 0 unspecified atom stereocenters. The molecule has 0 bridgehead atoms. The Morgan fingerprint density at radius 3 is 2.25 bits per heavy atom. The van der Waals surface area contributed by atoms with E-state index in [2.05, 4.69) is 10.0 Å². The lowest BCUT2D eigenvalue weighted by atomic mass is 10.2. The van der Waals surface area contributed by atoms with E-state index in [0.29, 0.717) is 0 Å². The van der Waals surface area contributed by atoms with Crippen LogP contribution in [-0.4, -0.2) is 35.5 Å². The monoisotopic (exact) mass is 167 g/mol. The third-order valence-electron chi connectivity index (χ3n) is 2.77. The van der Waals surface area contributed by atoms with Gasteiger partial charge in [-0.25, -0.2) is 5.01 Å². The van der Waals surface area contributed by atoms with Gasteiger partial charge < -0.3 is 0 Å². The highest BCUT2D eigenvalue weighted by atomic mass is 15.6. The van der Waals surface area contributed by atoms with Gasteiger partial charge in [0.25, 0.3) is 0 Å². The third kappa shape index (κ3) is 1.46. The van der Waals surface area contributed by atoms with Crippen LogP contribution in [0.3, 0.4) is 0 Å². The highest BCUT2D eigenvalue weighted by Crippen LogP contribution is 2.17. The Morgan fingerprint density at radius 1 is 0.917 bits per heavy atom. The van der Waals surface area contributed by atoms with Crippen molar-refractivity contribution in [2.75, 3.05) is 19.6 Å². The van der Waals surface area contributed by atoms with Crippen LogP contribution in [0, 0.1) is 5.41 Å². The molecule has 2 aliphatic heterocycles. The van der Waals surface area contributed by atoms with Crippen LogP contribution in [0.2, 0.25) is 0 Å². The fourth-order valence-electron chi connectivity index (χ4n) is 2.09. The average Bonchev–Trinajstić information content (AvgIpc) is 2.53. The van der Waals surface area contributed by atoms with E-state index in [9.17, 15) is 0 Å². The Balaban J connectivity index is 1.93. The van der Waals surface area contributed by atoms with E-state index < -0.39 is 0 Å². The first-order valence-corrected chi connectivity index (χ1v) is 4.98. The van der Waals surface area contributed by atoms with Crippen molar-refractivity contribution in [3.05, 3.63) is 0 Å². The molecule has 3 heteroatoms. The Kier molecular flexibility index (Phi) is 2.30. The molecule has 0 amide bonds. The fourth-order valence-corrected chi connectivity index (χ4v) is 2.09. The summed E-state index contributed by atoms with van der Waals surface area (Å²) in [4.78, 5) is 0. The second-order valence-corrected chi connectivity index (χ2v) is 3.69. The lowest BCUT2D eigenvalue weighted by Gasteiger charge is -2.35. The minimum Gasteiger partial charge on any atom is -0.294 e. The summed E-state index contributed by atoms with van der Waals surface area (Å²) < 4.78 is 0. The molecule has 0 aromatic carbocycles. The van der Waals surface area contributed by atoms with Gasteiger partial charge >= 0.3 is 0 Å². The van der Waals surface area contributed by atoms with Crippen LogP contribution in [-0.2, 0) is 0 Å². The smallest absolute Gasteiger partial charge is 0.110 e. The summed E-state index contributed by atoms with van der Waals surface area (Å²) in [6.07, 6.45) is 6.15. The number of nitrogens with one attached hydrogen (secondary N) is 1. The minimum atomic E-state index is 0.830. The molecule has 3 nitrogen and oxygen atoms in total. The molecule has 2 rings (SSSR count). The van der Waals surface area contributed by atoms with Crippen molar-refractivity contribution in [1.82, 2.24) is 10.0 Å². The summed E-state index contributed by atoms with van der Waals surface area (Å²) in [6.45, 7) is 3.42. The number of rotatable bonds is 1. The molecule has 0 spiro atoms. The predicted molar refractivity (Wildman–Crippen MR) is 49.1 cm³/mol. The molecule has 0 aromatic rings. The van der Waals surface area contributed by atoms with Crippen LogP contribution >= 0.6 is 0 Å². The molecule has 0 radical (unpaired) electrons. The van der Waals surface area contributed by atoms with Crippen molar-refractivity contribution in [2.45, 2.75) is 32.1 Å². The summed E-state index contributed by atoms with van der Waals surface area (Å²) in [5, 5.41) is 12.3. The predicted octanol–water partition coefficient (Wildman–Crippen LogP) is 1.46. The summed E-state index contributed by atoms with van der Waals surface area (Å²) in [6, 6.07) is 0. The Morgan fingerprint density at radius 2 is 1.67 bits per heavy atom. The van der Waals surface area contributed by atoms with Crippen LogP contribution in [0.4, 0.5) is 0 Å². The molecule has 2 saturated heterocycles. The van der Waals surface area contributed by atoms with Gasteiger partial charge in [0.15, 0.2) is 0 Å². The van der Waals surface area contributed by atoms with Gasteiger partial charge in [-0.2, -0.15) is 0 Å². The number of hydrogen-bond donors (Lipinski definition) is 1. The van der Waals surface area contributed by atoms with E-state index in [0.717, 1.165) is 18.8 Å².